The molecule has 154 valence electrons. The van der Waals surface area contributed by atoms with Crippen molar-refractivity contribution in [3.63, 3.8) is 0 Å². The number of halogens is 1. The van der Waals surface area contributed by atoms with E-state index < -0.39 is 0 Å². The molecule has 2 unspecified atom stereocenters. The first-order valence-electron chi connectivity index (χ1n) is 9.69. The van der Waals surface area contributed by atoms with Crippen molar-refractivity contribution in [1.82, 2.24) is 15.5 Å². The molecule has 0 aliphatic carbocycles. The highest BCUT2D eigenvalue weighted by atomic mass is 127. The fourth-order valence-corrected chi connectivity index (χ4v) is 3.11. The molecule has 7 heteroatoms. The molecule has 1 aliphatic rings. The highest BCUT2D eigenvalue weighted by Crippen LogP contribution is 2.20. The van der Waals surface area contributed by atoms with Gasteiger partial charge >= 0.3 is 0 Å². The standard InChI is InChI=1S/C20H34N4O2.HI/c1-5-21-20(23-14-17-10-11-24(6-2)15-17)22-13-16(3)26-19-9-7-8-18(12-19)25-4;/h7-9,12,16-17H,5-6,10-11,13-15H2,1-4H3,(H2,21,22,23);1H. The number of guanidine groups is 1. The van der Waals surface area contributed by atoms with Gasteiger partial charge in [0.15, 0.2) is 5.96 Å². The Labute approximate surface area is 181 Å². The molecule has 0 amide bonds. The van der Waals surface area contributed by atoms with Gasteiger partial charge in [-0.15, -0.1) is 24.0 Å². The Bertz CT molecular complexity index is 571. The Balaban J connectivity index is 0.00000364. The largest absolute Gasteiger partial charge is 0.497 e. The number of benzene rings is 1. The minimum Gasteiger partial charge on any atom is -0.497 e. The van der Waals surface area contributed by atoms with Crippen molar-refractivity contribution in [3.05, 3.63) is 24.3 Å². The zero-order valence-electron chi connectivity index (χ0n) is 17.0. The number of nitrogens with one attached hydrogen (secondary N) is 2. The lowest BCUT2D eigenvalue weighted by molar-refractivity contribution is 0.229. The number of ether oxygens (including phenoxy) is 2. The predicted molar refractivity (Wildman–Crippen MR) is 123 cm³/mol. The van der Waals surface area contributed by atoms with Gasteiger partial charge in [-0.3, -0.25) is 0 Å². The van der Waals surface area contributed by atoms with Crippen molar-refractivity contribution in [2.75, 3.05) is 46.4 Å². The minimum absolute atomic E-state index is 0. The van der Waals surface area contributed by atoms with Crippen LogP contribution in [0.2, 0.25) is 0 Å². The van der Waals surface area contributed by atoms with Gasteiger partial charge in [0, 0.05) is 25.7 Å². The third-order valence-corrected chi connectivity index (χ3v) is 4.60. The molecule has 2 rings (SSSR count). The van der Waals surface area contributed by atoms with E-state index >= 15 is 0 Å². The second-order valence-corrected chi connectivity index (χ2v) is 6.76. The topological polar surface area (TPSA) is 58.1 Å². The van der Waals surface area contributed by atoms with Gasteiger partial charge in [0.05, 0.1) is 13.7 Å². The number of rotatable bonds is 9. The van der Waals surface area contributed by atoms with E-state index in [2.05, 4.69) is 34.4 Å². The van der Waals surface area contributed by atoms with Crippen molar-refractivity contribution in [1.29, 1.82) is 0 Å². The van der Waals surface area contributed by atoms with Crippen LogP contribution >= 0.6 is 24.0 Å². The Morgan fingerprint density at radius 1 is 1.30 bits per heavy atom. The zero-order chi connectivity index (χ0) is 18.8. The molecular weight excluding hydrogens is 455 g/mol. The predicted octanol–water partition coefficient (Wildman–Crippen LogP) is 2.98. The smallest absolute Gasteiger partial charge is 0.191 e. The highest BCUT2D eigenvalue weighted by Gasteiger charge is 2.21. The van der Waals surface area contributed by atoms with E-state index in [0.29, 0.717) is 12.5 Å². The van der Waals surface area contributed by atoms with Crippen LogP contribution in [-0.2, 0) is 0 Å². The van der Waals surface area contributed by atoms with Crippen LogP contribution in [0.1, 0.15) is 27.2 Å². The third kappa shape index (κ3) is 8.55. The summed E-state index contributed by atoms with van der Waals surface area (Å²) >= 11 is 0. The van der Waals surface area contributed by atoms with Crippen LogP contribution in [0.25, 0.3) is 0 Å². The van der Waals surface area contributed by atoms with E-state index in [4.69, 9.17) is 9.47 Å². The molecule has 0 aromatic heterocycles. The maximum atomic E-state index is 5.94. The molecule has 6 nitrogen and oxygen atoms in total. The van der Waals surface area contributed by atoms with Gasteiger partial charge in [-0.25, -0.2) is 4.99 Å². The fraction of sp³-hybridized carbons (Fsp3) is 0.650. The Kier molecular flexibility index (Phi) is 11.5. The Hall–Kier alpha value is -1.22. The summed E-state index contributed by atoms with van der Waals surface area (Å²) in [6, 6.07) is 7.66. The van der Waals surface area contributed by atoms with Crippen LogP contribution in [0.15, 0.2) is 29.3 Å². The lowest BCUT2D eigenvalue weighted by Crippen LogP contribution is -2.41. The van der Waals surface area contributed by atoms with Crippen molar-refractivity contribution >= 4 is 29.9 Å². The average Bonchev–Trinajstić information content (AvgIpc) is 3.12. The number of nitrogens with zero attached hydrogens (tertiary/aromatic N) is 2. The fourth-order valence-electron chi connectivity index (χ4n) is 3.11. The number of methoxy groups -OCH3 is 1. The van der Waals surface area contributed by atoms with Crippen molar-refractivity contribution in [2.45, 2.75) is 33.3 Å². The normalized spacial score (nSPS) is 18.5. The molecule has 1 aromatic rings. The SMILES string of the molecule is CCNC(=NCC(C)Oc1cccc(OC)c1)NCC1CCN(CC)C1.I. The minimum atomic E-state index is -0.0142. The van der Waals surface area contributed by atoms with E-state index in [0.717, 1.165) is 37.1 Å². The van der Waals surface area contributed by atoms with Crippen molar-refractivity contribution in [2.24, 2.45) is 10.9 Å². The van der Waals surface area contributed by atoms with Gasteiger partial charge in [0.2, 0.25) is 0 Å². The zero-order valence-corrected chi connectivity index (χ0v) is 19.4. The van der Waals surface area contributed by atoms with Crippen LogP contribution < -0.4 is 20.1 Å². The Morgan fingerprint density at radius 2 is 2.07 bits per heavy atom. The van der Waals surface area contributed by atoms with E-state index in [-0.39, 0.29) is 30.1 Å². The van der Waals surface area contributed by atoms with Gasteiger partial charge in [-0.05, 0) is 51.4 Å². The van der Waals surface area contributed by atoms with Crippen molar-refractivity contribution in [3.8, 4) is 11.5 Å². The lowest BCUT2D eigenvalue weighted by atomic mass is 10.1. The van der Waals surface area contributed by atoms with E-state index in [1.165, 1.54) is 19.5 Å². The van der Waals surface area contributed by atoms with Crippen LogP contribution in [0.3, 0.4) is 0 Å². The summed E-state index contributed by atoms with van der Waals surface area (Å²) in [4.78, 5) is 7.18. The van der Waals surface area contributed by atoms with E-state index in [9.17, 15) is 0 Å². The molecule has 27 heavy (non-hydrogen) atoms. The molecule has 0 bridgehead atoms. The molecule has 0 radical (unpaired) electrons. The maximum absolute atomic E-state index is 5.94. The van der Waals surface area contributed by atoms with Crippen LogP contribution in [-0.4, -0.2) is 63.3 Å². The first kappa shape index (κ1) is 23.8. The molecule has 0 saturated carbocycles. The van der Waals surface area contributed by atoms with Gasteiger partial charge in [0.1, 0.15) is 17.6 Å². The molecule has 1 aliphatic heterocycles. The molecule has 2 N–H and O–H groups in total. The average molecular weight is 490 g/mol. The van der Waals surface area contributed by atoms with Crippen LogP contribution in [0.4, 0.5) is 0 Å². The first-order chi connectivity index (χ1) is 12.6. The van der Waals surface area contributed by atoms with Gasteiger partial charge in [-0.2, -0.15) is 0 Å². The molecule has 1 fully saturated rings. The number of hydrogen-bond acceptors (Lipinski definition) is 4. The summed E-state index contributed by atoms with van der Waals surface area (Å²) in [6.45, 7) is 12.3. The van der Waals surface area contributed by atoms with Gasteiger partial charge in [-0.1, -0.05) is 13.0 Å². The molecule has 2 atom stereocenters. The number of aliphatic imine (C=N–C) groups is 1. The quantitative estimate of drug-likeness (QED) is 0.317. The summed E-state index contributed by atoms with van der Waals surface area (Å²) in [6.07, 6.45) is 1.25. The lowest BCUT2D eigenvalue weighted by Gasteiger charge is -2.17. The van der Waals surface area contributed by atoms with E-state index in [1.54, 1.807) is 7.11 Å². The summed E-state index contributed by atoms with van der Waals surface area (Å²) in [5.41, 5.74) is 0. The van der Waals surface area contributed by atoms with E-state index in [1.807, 2.05) is 31.2 Å². The molecule has 0 spiro atoms. The highest BCUT2D eigenvalue weighted by molar-refractivity contribution is 14.0. The number of likely N-dealkylation sites (tertiary alicyclic amines) is 1. The third-order valence-electron chi connectivity index (χ3n) is 4.60. The molecule has 1 aromatic carbocycles. The van der Waals surface area contributed by atoms with Gasteiger partial charge in [0.25, 0.3) is 0 Å². The second-order valence-electron chi connectivity index (χ2n) is 6.76. The van der Waals surface area contributed by atoms with Crippen LogP contribution in [0.5, 0.6) is 11.5 Å². The molecule has 1 saturated heterocycles. The van der Waals surface area contributed by atoms with Crippen molar-refractivity contribution < 1.29 is 9.47 Å². The summed E-state index contributed by atoms with van der Waals surface area (Å²) in [7, 11) is 1.66. The molecule has 1 heterocycles. The Morgan fingerprint density at radius 3 is 2.74 bits per heavy atom. The summed E-state index contributed by atoms with van der Waals surface area (Å²) < 4.78 is 11.2. The monoisotopic (exact) mass is 490 g/mol. The maximum Gasteiger partial charge on any atom is 0.191 e. The summed E-state index contributed by atoms with van der Waals surface area (Å²) in [5, 5.41) is 6.80. The second kappa shape index (κ2) is 13.0. The summed E-state index contributed by atoms with van der Waals surface area (Å²) in [5.74, 6) is 3.16. The number of hydrogen-bond donors (Lipinski definition) is 2. The van der Waals surface area contributed by atoms with Gasteiger partial charge < -0.3 is 25.0 Å². The first-order valence-corrected chi connectivity index (χ1v) is 9.69. The van der Waals surface area contributed by atoms with Crippen LogP contribution in [0, 0.1) is 5.92 Å². The molecular formula is C20H35IN4O2.